The Hall–Kier alpha value is -1.52. The van der Waals surface area contributed by atoms with Gasteiger partial charge in [-0.3, -0.25) is 9.59 Å². The molecular formula is C6H10N2O3. The number of aliphatic hydroxyl groups is 1. The molecule has 0 aromatic heterocycles. The maximum atomic E-state index is 10.7. The van der Waals surface area contributed by atoms with Crippen molar-refractivity contribution in [2.45, 2.75) is 0 Å². The van der Waals surface area contributed by atoms with E-state index in [0.29, 0.717) is 0 Å². The summed E-state index contributed by atoms with van der Waals surface area (Å²) in [6.45, 7) is 0. The molecule has 0 spiro atoms. The van der Waals surface area contributed by atoms with E-state index in [1.807, 2.05) is 0 Å². The molecule has 0 saturated carbocycles. The summed E-state index contributed by atoms with van der Waals surface area (Å²) >= 11 is 0. The van der Waals surface area contributed by atoms with Gasteiger partial charge in [-0.1, -0.05) is 0 Å². The van der Waals surface area contributed by atoms with Crippen molar-refractivity contribution in [3.8, 4) is 0 Å². The molecule has 11 heavy (non-hydrogen) atoms. The number of aliphatic hydroxyl groups excluding tert-OH is 1. The van der Waals surface area contributed by atoms with Gasteiger partial charge < -0.3 is 15.7 Å². The molecule has 0 rings (SSSR count). The lowest BCUT2D eigenvalue weighted by molar-refractivity contribution is -0.124. The first kappa shape index (κ1) is 9.48. The second-order valence-corrected chi connectivity index (χ2v) is 2.13. The van der Waals surface area contributed by atoms with Crippen LogP contribution in [0.3, 0.4) is 0 Å². The number of rotatable bonds is 2. The monoisotopic (exact) mass is 158 g/mol. The van der Waals surface area contributed by atoms with Crippen LogP contribution in [0.5, 0.6) is 0 Å². The summed E-state index contributed by atoms with van der Waals surface area (Å²) in [5, 5.41) is 8.68. The van der Waals surface area contributed by atoms with Gasteiger partial charge in [0.05, 0.1) is 6.08 Å². The van der Waals surface area contributed by atoms with Gasteiger partial charge >= 0.3 is 0 Å². The van der Waals surface area contributed by atoms with E-state index in [0.717, 1.165) is 6.08 Å². The van der Waals surface area contributed by atoms with E-state index < -0.39 is 17.6 Å². The molecule has 62 valence electrons. The molecule has 0 heterocycles. The van der Waals surface area contributed by atoms with Crippen molar-refractivity contribution >= 4 is 11.8 Å². The summed E-state index contributed by atoms with van der Waals surface area (Å²) in [4.78, 5) is 22.1. The lowest BCUT2D eigenvalue weighted by Crippen LogP contribution is -2.22. The first-order valence-corrected chi connectivity index (χ1v) is 2.87. The van der Waals surface area contributed by atoms with Crippen LogP contribution in [0.4, 0.5) is 0 Å². The summed E-state index contributed by atoms with van der Waals surface area (Å²) in [7, 11) is 2.99. The molecule has 0 unspecified atom stereocenters. The van der Waals surface area contributed by atoms with Crippen LogP contribution in [0.25, 0.3) is 0 Å². The van der Waals surface area contributed by atoms with E-state index in [1.54, 1.807) is 0 Å². The Morgan fingerprint density at radius 1 is 1.45 bits per heavy atom. The smallest absolute Gasteiger partial charge is 0.283 e. The molecule has 0 radical (unpaired) electrons. The highest BCUT2D eigenvalue weighted by Crippen LogP contribution is 1.88. The number of primary amides is 1. The number of hydrogen-bond donors (Lipinski definition) is 2. The van der Waals surface area contributed by atoms with E-state index in [1.165, 1.54) is 19.0 Å². The molecular weight excluding hydrogens is 148 g/mol. The van der Waals surface area contributed by atoms with Crippen LogP contribution in [-0.2, 0) is 9.59 Å². The van der Waals surface area contributed by atoms with E-state index >= 15 is 0 Å². The van der Waals surface area contributed by atoms with Crippen molar-refractivity contribution in [1.82, 2.24) is 4.90 Å². The molecule has 5 nitrogen and oxygen atoms in total. The molecule has 0 bridgehead atoms. The third kappa shape index (κ3) is 3.24. The Labute approximate surface area is 64.1 Å². The lowest BCUT2D eigenvalue weighted by atomic mass is 10.4. The van der Waals surface area contributed by atoms with E-state index in [-0.39, 0.29) is 0 Å². The average Bonchev–Trinajstić information content (AvgIpc) is 1.87. The van der Waals surface area contributed by atoms with Gasteiger partial charge in [-0.2, -0.15) is 0 Å². The number of carbonyl (C=O) groups excluding carboxylic acids is 2. The Balaban J connectivity index is 4.32. The molecule has 0 saturated heterocycles. The summed E-state index contributed by atoms with van der Waals surface area (Å²) < 4.78 is 0. The maximum absolute atomic E-state index is 10.7. The van der Waals surface area contributed by atoms with Crippen LogP contribution < -0.4 is 5.73 Å². The Morgan fingerprint density at radius 3 is 2.18 bits per heavy atom. The zero-order chi connectivity index (χ0) is 9.02. The van der Waals surface area contributed by atoms with Crippen molar-refractivity contribution in [2.24, 2.45) is 5.73 Å². The van der Waals surface area contributed by atoms with Crippen molar-refractivity contribution < 1.29 is 14.7 Å². The van der Waals surface area contributed by atoms with Gasteiger partial charge in [-0.05, 0) is 0 Å². The second kappa shape index (κ2) is 3.60. The Bertz CT molecular complexity index is 208. The molecule has 0 aromatic rings. The molecule has 3 N–H and O–H groups in total. The number of carbonyl (C=O) groups is 2. The predicted molar refractivity (Wildman–Crippen MR) is 38.6 cm³/mol. The Kier molecular flexibility index (Phi) is 3.10. The maximum Gasteiger partial charge on any atom is 0.283 e. The highest BCUT2D eigenvalue weighted by atomic mass is 16.3. The number of nitrogens with two attached hydrogens (primary N) is 1. The number of likely N-dealkylation sites (N-methyl/N-ethyl adjacent to an activating group) is 1. The van der Waals surface area contributed by atoms with E-state index in [2.05, 4.69) is 5.73 Å². The molecule has 0 aliphatic carbocycles. The fourth-order valence-electron chi connectivity index (χ4n) is 0.317. The summed E-state index contributed by atoms with van der Waals surface area (Å²) in [5.74, 6) is -2.23. The van der Waals surface area contributed by atoms with Crippen LogP contribution in [0.1, 0.15) is 0 Å². The van der Waals surface area contributed by atoms with Gasteiger partial charge in [0.15, 0.2) is 5.76 Å². The standard InChI is InChI=1S/C6H10N2O3/c1-8(2)5(10)3-4(9)6(7)11/h3,9H,1-2H3,(H2,7,11). The first-order valence-electron chi connectivity index (χ1n) is 2.87. The van der Waals surface area contributed by atoms with Gasteiger partial charge in [0.1, 0.15) is 0 Å². The molecule has 5 heteroatoms. The van der Waals surface area contributed by atoms with Crippen molar-refractivity contribution in [1.29, 1.82) is 0 Å². The van der Waals surface area contributed by atoms with Gasteiger partial charge in [-0.25, -0.2) is 0 Å². The van der Waals surface area contributed by atoms with Gasteiger partial charge in [0.2, 0.25) is 5.91 Å². The molecule has 0 aliphatic heterocycles. The van der Waals surface area contributed by atoms with Gasteiger partial charge in [0, 0.05) is 14.1 Å². The molecule has 0 fully saturated rings. The lowest BCUT2D eigenvalue weighted by Gasteiger charge is -2.05. The highest BCUT2D eigenvalue weighted by molar-refractivity contribution is 5.98. The fourth-order valence-corrected chi connectivity index (χ4v) is 0.317. The summed E-state index contributed by atoms with van der Waals surface area (Å²) in [5.41, 5.74) is 4.66. The molecule has 0 aromatic carbocycles. The minimum atomic E-state index is -1.01. The van der Waals surface area contributed by atoms with E-state index in [9.17, 15) is 9.59 Å². The Morgan fingerprint density at radius 2 is 1.91 bits per heavy atom. The number of amides is 2. The molecule has 2 amide bonds. The summed E-state index contributed by atoms with van der Waals surface area (Å²) in [6, 6.07) is 0. The van der Waals surface area contributed by atoms with Crippen molar-refractivity contribution in [3.05, 3.63) is 11.8 Å². The molecule has 0 aliphatic rings. The zero-order valence-corrected chi connectivity index (χ0v) is 6.37. The second-order valence-electron chi connectivity index (χ2n) is 2.13. The largest absolute Gasteiger partial charge is 0.503 e. The average molecular weight is 158 g/mol. The van der Waals surface area contributed by atoms with Gasteiger partial charge in [0.25, 0.3) is 5.91 Å². The zero-order valence-electron chi connectivity index (χ0n) is 6.37. The minimum Gasteiger partial charge on any atom is -0.503 e. The third-order valence-electron chi connectivity index (χ3n) is 0.953. The van der Waals surface area contributed by atoms with E-state index in [4.69, 9.17) is 5.11 Å². The molecule has 0 atom stereocenters. The quantitative estimate of drug-likeness (QED) is 0.399. The summed E-state index contributed by atoms with van der Waals surface area (Å²) in [6.07, 6.45) is 0.766. The predicted octanol–water partition coefficient (Wildman–Crippen LogP) is -0.998. The fraction of sp³-hybridized carbons (Fsp3) is 0.333. The SMILES string of the molecule is CN(C)C(=O)C=C(O)C(N)=O. The van der Waals surface area contributed by atoms with Crippen LogP contribution in [0.15, 0.2) is 11.8 Å². The number of hydrogen-bond acceptors (Lipinski definition) is 3. The normalized spacial score (nSPS) is 10.9. The first-order chi connectivity index (χ1) is 4.95. The number of nitrogens with zero attached hydrogens (tertiary/aromatic N) is 1. The van der Waals surface area contributed by atoms with Crippen molar-refractivity contribution in [2.75, 3.05) is 14.1 Å². The van der Waals surface area contributed by atoms with Crippen molar-refractivity contribution in [3.63, 3.8) is 0 Å². The minimum absolute atomic E-state index is 0.485. The van der Waals surface area contributed by atoms with Crippen LogP contribution in [0, 0.1) is 0 Å². The van der Waals surface area contributed by atoms with Gasteiger partial charge in [-0.15, -0.1) is 0 Å². The van der Waals surface area contributed by atoms with Crippen LogP contribution in [0.2, 0.25) is 0 Å². The van der Waals surface area contributed by atoms with Crippen LogP contribution in [-0.4, -0.2) is 35.9 Å². The topological polar surface area (TPSA) is 83.6 Å². The highest BCUT2D eigenvalue weighted by Gasteiger charge is 2.05. The third-order valence-corrected chi connectivity index (χ3v) is 0.953. The van der Waals surface area contributed by atoms with Crippen LogP contribution >= 0.6 is 0 Å².